The Hall–Kier alpha value is -2.54. The second-order valence-corrected chi connectivity index (χ2v) is 7.69. The van der Waals surface area contributed by atoms with Gasteiger partial charge in [0, 0.05) is 17.8 Å². The van der Waals surface area contributed by atoms with Gasteiger partial charge in [-0.05, 0) is 54.4 Å². The molecule has 0 radical (unpaired) electrons. The molecule has 1 amide bonds. The van der Waals surface area contributed by atoms with Gasteiger partial charge in [-0.2, -0.15) is 0 Å². The highest BCUT2D eigenvalue weighted by atomic mass is 32.2. The van der Waals surface area contributed by atoms with Gasteiger partial charge in [-0.1, -0.05) is 13.8 Å². The van der Waals surface area contributed by atoms with Crippen LogP contribution in [0, 0.1) is 5.92 Å². The lowest BCUT2D eigenvalue weighted by molar-refractivity contribution is -0.116. The molecule has 7 heteroatoms. The van der Waals surface area contributed by atoms with Crippen molar-refractivity contribution >= 4 is 27.3 Å². The van der Waals surface area contributed by atoms with Gasteiger partial charge >= 0.3 is 0 Å². The third-order valence-corrected chi connectivity index (χ3v) is 4.78. The maximum atomic E-state index is 12.4. The molecule has 2 N–H and O–H groups in total. The van der Waals surface area contributed by atoms with E-state index in [1.807, 2.05) is 13.8 Å². The SMILES string of the molecule is COc1ccc(S(=O)(=O)Nc2ccc(NC(=O)CC(C)C)cc2)cc1. The summed E-state index contributed by atoms with van der Waals surface area (Å²) in [5, 5.41) is 2.78. The molecule has 2 aromatic rings. The molecule has 0 spiro atoms. The highest BCUT2D eigenvalue weighted by molar-refractivity contribution is 7.92. The number of nitrogens with one attached hydrogen (secondary N) is 2. The predicted octanol–water partition coefficient (Wildman–Crippen LogP) is 3.48. The average molecular weight is 362 g/mol. The van der Waals surface area contributed by atoms with Crippen LogP contribution in [0.5, 0.6) is 5.75 Å². The van der Waals surface area contributed by atoms with Gasteiger partial charge in [0.15, 0.2) is 0 Å². The third kappa shape index (κ3) is 5.49. The molecular weight excluding hydrogens is 340 g/mol. The zero-order chi connectivity index (χ0) is 18.4. The fourth-order valence-corrected chi connectivity index (χ4v) is 3.23. The number of sulfonamides is 1. The molecule has 0 fully saturated rings. The molecule has 6 nitrogen and oxygen atoms in total. The van der Waals surface area contributed by atoms with Gasteiger partial charge in [-0.15, -0.1) is 0 Å². The first-order valence-electron chi connectivity index (χ1n) is 7.87. The lowest BCUT2D eigenvalue weighted by Gasteiger charge is -2.10. The largest absolute Gasteiger partial charge is 0.497 e. The molecule has 0 bridgehead atoms. The Labute approximate surface area is 148 Å². The Kier molecular flexibility index (Phi) is 6.03. The molecule has 2 rings (SSSR count). The van der Waals surface area contributed by atoms with E-state index in [1.165, 1.54) is 19.2 Å². The van der Waals surface area contributed by atoms with Gasteiger partial charge in [-0.25, -0.2) is 8.42 Å². The molecule has 0 unspecified atom stereocenters. The van der Waals surface area contributed by atoms with E-state index in [9.17, 15) is 13.2 Å². The molecule has 0 aliphatic heterocycles. The molecule has 0 atom stereocenters. The summed E-state index contributed by atoms with van der Waals surface area (Å²) in [5.41, 5.74) is 1.04. The number of carbonyl (C=O) groups excluding carboxylic acids is 1. The Morgan fingerprint density at radius 2 is 1.56 bits per heavy atom. The first kappa shape index (κ1) is 18.8. The molecule has 25 heavy (non-hydrogen) atoms. The Bertz CT molecular complexity index is 813. The van der Waals surface area contributed by atoms with Gasteiger partial charge in [-0.3, -0.25) is 9.52 Å². The fourth-order valence-electron chi connectivity index (χ4n) is 2.17. The first-order chi connectivity index (χ1) is 11.8. The molecule has 0 aromatic heterocycles. The number of carbonyl (C=O) groups is 1. The molecule has 0 aliphatic carbocycles. The van der Waals surface area contributed by atoms with Crippen molar-refractivity contribution in [2.24, 2.45) is 5.92 Å². The number of amides is 1. The fraction of sp³-hybridized carbons (Fsp3) is 0.278. The van der Waals surface area contributed by atoms with E-state index in [2.05, 4.69) is 10.0 Å². The van der Waals surface area contributed by atoms with Crippen molar-refractivity contribution in [1.82, 2.24) is 0 Å². The van der Waals surface area contributed by atoms with E-state index in [-0.39, 0.29) is 16.7 Å². The lowest BCUT2D eigenvalue weighted by Crippen LogP contribution is -2.14. The van der Waals surface area contributed by atoms with Crippen molar-refractivity contribution in [3.8, 4) is 5.75 Å². The molecule has 0 heterocycles. The number of methoxy groups -OCH3 is 1. The van der Waals surface area contributed by atoms with Crippen molar-refractivity contribution in [3.63, 3.8) is 0 Å². The van der Waals surface area contributed by atoms with Crippen LogP contribution < -0.4 is 14.8 Å². The first-order valence-corrected chi connectivity index (χ1v) is 9.35. The van der Waals surface area contributed by atoms with Gasteiger partial charge in [0.1, 0.15) is 5.75 Å². The van der Waals surface area contributed by atoms with Crippen molar-refractivity contribution in [3.05, 3.63) is 48.5 Å². The number of ether oxygens (including phenoxy) is 1. The van der Waals surface area contributed by atoms with E-state index < -0.39 is 10.0 Å². The van der Waals surface area contributed by atoms with Crippen LogP contribution in [0.25, 0.3) is 0 Å². The quantitative estimate of drug-likeness (QED) is 0.790. The molecule has 0 aliphatic rings. The summed E-state index contributed by atoms with van der Waals surface area (Å²) in [7, 11) is -2.17. The number of benzene rings is 2. The maximum absolute atomic E-state index is 12.4. The van der Waals surface area contributed by atoms with Crippen LogP contribution >= 0.6 is 0 Å². The zero-order valence-electron chi connectivity index (χ0n) is 14.4. The van der Waals surface area contributed by atoms with E-state index in [0.717, 1.165) is 0 Å². The van der Waals surface area contributed by atoms with E-state index >= 15 is 0 Å². The number of hydrogen-bond donors (Lipinski definition) is 2. The van der Waals surface area contributed by atoms with Crippen LogP contribution in [0.2, 0.25) is 0 Å². The third-order valence-electron chi connectivity index (χ3n) is 3.38. The predicted molar refractivity (Wildman–Crippen MR) is 98.3 cm³/mol. The molecule has 2 aromatic carbocycles. The van der Waals surface area contributed by atoms with Crippen LogP contribution in [-0.4, -0.2) is 21.4 Å². The van der Waals surface area contributed by atoms with Crippen molar-refractivity contribution in [2.45, 2.75) is 25.2 Å². The summed E-state index contributed by atoms with van der Waals surface area (Å²) < 4.78 is 32.2. The minimum Gasteiger partial charge on any atom is -0.497 e. The van der Waals surface area contributed by atoms with Crippen molar-refractivity contribution in [1.29, 1.82) is 0 Å². The minimum atomic E-state index is -3.68. The normalized spacial score (nSPS) is 11.2. The van der Waals surface area contributed by atoms with Crippen molar-refractivity contribution in [2.75, 3.05) is 17.1 Å². The Balaban J connectivity index is 2.05. The maximum Gasteiger partial charge on any atom is 0.261 e. The topological polar surface area (TPSA) is 84.5 Å². The second-order valence-electron chi connectivity index (χ2n) is 6.00. The van der Waals surface area contributed by atoms with Gasteiger partial charge in [0.05, 0.1) is 12.0 Å². The van der Waals surface area contributed by atoms with Gasteiger partial charge in [0.25, 0.3) is 10.0 Å². The molecular formula is C18H22N2O4S. The summed E-state index contributed by atoms with van der Waals surface area (Å²) >= 11 is 0. The summed E-state index contributed by atoms with van der Waals surface area (Å²) in [4.78, 5) is 11.9. The van der Waals surface area contributed by atoms with Crippen LogP contribution in [-0.2, 0) is 14.8 Å². The van der Waals surface area contributed by atoms with E-state index in [0.29, 0.717) is 23.5 Å². The van der Waals surface area contributed by atoms with Crippen LogP contribution in [0.15, 0.2) is 53.4 Å². The highest BCUT2D eigenvalue weighted by Crippen LogP contribution is 2.20. The van der Waals surface area contributed by atoms with Crippen LogP contribution in [0.4, 0.5) is 11.4 Å². The lowest BCUT2D eigenvalue weighted by atomic mass is 10.1. The van der Waals surface area contributed by atoms with Crippen LogP contribution in [0.3, 0.4) is 0 Å². The molecule has 0 saturated carbocycles. The number of rotatable bonds is 7. The molecule has 134 valence electrons. The smallest absolute Gasteiger partial charge is 0.261 e. The minimum absolute atomic E-state index is 0.0680. The summed E-state index contributed by atoms with van der Waals surface area (Å²) in [6.07, 6.45) is 0.436. The van der Waals surface area contributed by atoms with E-state index in [1.54, 1.807) is 36.4 Å². The zero-order valence-corrected chi connectivity index (χ0v) is 15.3. The van der Waals surface area contributed by atoms with Gasteiger partial charge in [0.2, 0.25) is 5.91 Å². The average Bonchev–Trinajstić information content (AvgIpc) is 2.55. The monoisotopic (exact) mass is 362 g/mol. The van der Waals surface area contributed by atoms with Gasteiger partial charge < -0.3 is 10.1 Å². The molecule has 0 saturated heterocycles. The second kappa shape index (κ2) is 8.02. The summed E-state index contributed by atoms with van der Waals surface area (Å²) in [6.45, 7) is 3.94. The van der Waals surface area contributed by atoms with E-state index in [4.69, 9.17) is 4.74 Å². The number of anilines is 2. The number of hydrogen-bond acceptors (Lipinski definition) is 4. The van der Waals surface area contributed by atoms with Crippen molar-refractivity contribution < 1.29 is 17.9 Å². The Morgan fingerprint density at radius 3 is 2.08 bits per heavy atom. The van der Waals surface area contributed by atoms with Crippen LogP contribution in [0.1, 0.15) is 20.3 Å². The highest BCUT2D eigenvalue weighted by Gasteiger charge is 2.14. The summed E-state index contributed by atoms with van der Waals surface area (Å²) in [6, 6.07) is 12.6. The standard InChI is InChI=1S/C18H22N2O4S/c1-13(2)12-18(21)19-14-4-6-15(7-5-14)20-25(22,23)17-10-8-16(24-3)9-11-17/h4-11,13,20H,12H2,1-3H3,(H,19,21). The Morgan fingerprint density at radius 1 is 1.00 bits per heavy atom. The summed E-state index contributed by atoms with van der Waals surface area (Å²) in [5.74, 6) is 0.789.